The van der Waals surface area contributed by atoms with Crippen LogP contribution in [0.4, 0.5) is 0 Å². The van der Waals surface area contributed by atoms with Gasteiger partial charge in [-0.3, -0.25) is 4.79 Å². The van der Waals surface area contributed by atoms with Crippen molar-refractivity contribution < 1.29 is 9.53 Å². The van der Waals surface area contributed by atoms with Gasteiger partial charge in [0, 0.05) is 23.2 Å². The van der Waals surface area contributed by atoms with E-state index in [1.165, 1.54) is 0 Å². The Balaban J connectivity index is 1.94. The van der Waals surface area contributed by atoms with Gasteiger partial charge in [-0.15, -0.1) is 0 Å². The molecule has 0 aromatic carbocycles. The summed E-state index contributed by atoms with van der Waals surface area (Å²) in [5.74, 6) is 0.747. The molecule has 0 N–H and O–H groups in total. The van der Waals surface area contributed by atoms with Gasteiger partial charge in [-0.25, -0.2) is 4.98 Å². The van der Waals surface area contributed by atoms with Crippen LogP contribution in [0.2, 0.25) is 0 Å². The van der Waals surface area contributed by atoms with E-state index in [1.54, 1.807) is 18.0 Å². The molecule has 0 spiro atoms. The number of carbonyl (C=O) groups excluding carboxylic acids is 1. The number of carbonyl (C=O) groups is 1. The number of aromatic nitrogens is 1. The Morgan fingerprint density at radius 3 is 2.88 bits per heavy atom. The van der Waals surface area contributed by atoms with Crippen LogP contribution in [0.15, 0.2) is 16.7 Å². The van der Waals surface area contributed by atoms with Gasteiger partial charge in [0.25, 0.3) is 0 Å². The Labute approximate surface area is 103 Å². The second-order valence-electron chi connectivity index (χ2n) is 3.94. The predicted octanol–water partition coefficient (Wildman–Crippen LogP) is 1.76. The first-order valence-corrected chi connectivity index (χ1v) is 5.90. The average molecular weight is 285 g/mol. The van der Waals surface area contributed by atoms with Crippen molar-refractivity contribution in [2.75, 3.05) is 13.1 Å². The summed E-state index contributed by atoms with van der Waals surface area (Å²) >= 11 is 3.35. The fourth-order valence-corrected chi connectivity index (χ4v) is 2.02. The smallest absolute Gasteiger partial charge is 0.219 e. The van der Waals surface area contributed by atoms with E-state index in [0.29, 0.717) is 19.0 Å². The van der Waals surface area contributed by atoms with Crippen LogP contribution in [0.3, 0.4) is 0 Å². The van der Waals surface area contributed by atoms with Gasteiger partial charge >= 0.3 is 0 Å². The summed E-state index contributed by atoms with van der Waals surface area (Å²) in [5, 5.41) is 0. The maximum atomic E-state index is 11.0. The molecule has 0 saturated carbocycles. The molecule has 16 heavy (non-hydrogen) atoms. The van der Waals surface area contributed by atoms with Gasteiger partial charge in [-0.2, -0.15) is 0 Å². The third-order valence-electron chi connectivity index (χ3n) is 2.57. The lowest BCUT2D eigenvalue weighted by molar-refractivity contribution is -0.137. The zero-order chi connectivity index (χ0) is 11.7. The molecule has 0 bridgehead atoms. The fraction of sp³-hybridized carbons (Fsp3) is 0.455. The van der Waals surface area contributed by atoms with E-state index in [4.69, 9.17) is 4.74 Å². The molecule has 0 atom stereocenters. The lowest BCUT2D eigenvalue weighted by atomic mass is 10.1. The number of likely N-dealkylation sites (tertiary alicyclic amines) is 1. The van der Waals surface area contributed by atoms with E-state index in [9.17, 15) is 4.79 Å². The number of ether oxygens (including phenoxy) is 1. The topological polar surface area (TPSA) is 42.4 Å². The van der Waals surface area contributed by atoms with Crippen molar-refractivity contribution in [3.8, 4) is 5.88 Å². The van der Waals surface area contributed by atoms with Crippen LogP contribution >= 0.6 is 15.9 Å². The molecule has 0 radical (unpaired) electrons. The molecule has 0 aliphatic carbocycles. The Kier molecular flexibility index (Phi) is 3.14. The van der Waals surface area contributed by atoms with E-state index in [0.717, 1.165) is 10.0 Å². The number of nitrogens with zero attached hydrogens (tertiary/aromatic N) is 2. The van der Waals surface area contributed by atoms with Crippen molar-refractivity contribution in [1.29, 1.82) is 0 Å². The van der Waals surface area contributed by atoms with Crippen LogP contribution in [0.1, 0.15) is 12.5 Å². The largest absolute Gasteiger partial charge is 0.470 e. The highest BCUT2D eigenvalue weighted by Gasteiger charge is 2.30. The van der Waals surface area contributed by atoms with E-state index in [1.807, 2.05) is 13.0 Å². The lowest BCUT2D eigenvalue weighted by Crippen LogP contribution is -2.55. The predicted molar refractivity (Wildman–Crippen MR) is 63.3 cm³/mol. The van der Waals surface area contributed by atoms with Gasteiger partial charge in [-0.1, -0.05) is 0 Å². The minimum absolute atomic E-state index is 0.0799. The van der Waals surface area contributed by atoms with Crippen LogP contribution in [0.5, 0.6) is 5.88 Å². The summed E-state index contributed by atoms with van der Waals surface area (Å²) in [5.41, 5.74) is 0.996. The Morgan fingerprint density at radius 2 is 2.31 bits per heavy atom. The van der Waals surface area contributed by atoms with Crippen LogP contribution in [-0.2, 0) is 4.79 Å². The quantitative estimate of drug-likeness (QED) is 0.831. The molecule has 1 fully saturated rings. The van der Waals surface area contributed by atoms with Gasteiger partial charge in [0.05, 0.1) is 13.1 Å². The monoisotopic (exact) mass is 284 g/mol. The van der Waals surface area contributed by atoms with Gasteiger partial charge in [0.15, 0.2) is 0 Å². The van der Waals surface area contributed by atoms with E-state index in [-0.39, 0.29) is 12.0 Å². The fourth-order valence-electron chi connectivity index (χ4n) is 1.58. The zero-order valence-corrected chi connectivity index (χ0v) is 10.8. The number of hydrogen-bond acceptors (Lipinski definition) is 3. The second kappa shape index (κ2) is 4.41. The van der Waals surface area contributed by atoms with E-state index >= 15 is 0 Å². The van der Waals surface area contributed by atoms with Crippen LogP contribution in [0, 0.1) is 6.92 Å². The number of pyridine rings is 1. The van der Waals surface area contributed by atoms with Gasteiger partial charge in [-0.05, 0) is 28.9 Å². The van der Waals surface area contributed by atoms with Gasteiger partial charge < -0.3 is 9.64 Å². The SMILES string of the molecule is CC(=O)N1CC(Oc2ncc(Br)cc2C)C1. The molecular formula is C11H13BrN2O2. The van der Waals surface area contributed by atoms with Crippen LogP contribution < -0.4 is 4.74 Å². The summed E-state index contributed by atoms with van der Waals surface area (Å²) in [6.07, 6.45) is 1.79. The van der Waals surface area contributed by atoms with Crippen LogP contribution in [-0.4, -0.2) is 35.0 Å². The van der Waals surface area contributed by atoms with Crippen molar-refractivity contribution in [2.24, 2.45) is 0 Å². The Bertz CT molecular complexity index is 416. The molecule has 4 nitrogen and oxygen atoms in total. The first-order chi connectivity index (χ1) is 7.56. The number of amides is 1. The summed E-state index contributed by atoms with van der Waals surface area (Å²) < 4.78 is 6.63. The van der Waals surface area contributed by atoms with Crippen molar-refractivity contribution in [2.45, 2.75) is 20.0 Å². The zero-order valence-electron chi connectivity index (χ0n) is 9.24. The Hall–Kier alpha value is -1.10. The number of rotatable bonds is 2. The van der Waals surface area contributed by atoms with Crippen LogP contribution in [0.25, 0.3) is 0 Å². The molecule has 2 rings (SSSR count). The maximum Gasteiger partial charge on any atom is 0.219 e. The second-order valence-corrected chi connectivity index (χ2v) is 4.86. The van der Waals surface area contributed by atoms with Crippen molar-refractivity contribution >= 4 is 21.8 Å². The van der Waals surface area contributed by atoms with Crippen molar-refractivity contribution in [3.05, 3.63) is 22.3 Å². The highest BCUT2D eigenvalue weighted by Crippen LogP contribution is 2.22. The van der Waals surface area contributed by atoms with Crippen molar-refractivity contribution in [3.63, 3.8) is 0 Å². The molecular weight excluding hydrogens is 272 g/mol. The molecule has 1 aliphatic rings. The molecule has 86 valence electrons. The number of aryl methyl sites for hydroxylation is 1. The molecule has 1 saturated heterocycles. The third-order valence-corrected chi connectivity index (χ3v) is 3.00. The molecule has 1 amide bonds. The molecule has 1 aromatic rings. The number of halogens is 1. The molecule has 1 aromatic heterocycles. The van der Waals surface area contributed by atoms with E-state index < -0.39 is 0 Å². The molecule has 5 heteroatoms. The average Bonchev–Trinajstić information content (AvgIpc) is 2.12. The minimum Gasteiger partial charge on any atom is -0.470 e. The summed E-state index contributed by atoms with van der Waals surface area (Å²) in [6.45, 7) is 4.84. The van der Waals surface area contributed by atoms with E-state index in [2.05, 4.69) is 20.9 Å². The molecule has 2 heterocycles. The summed E-state index contributed by atoms with van der Waals surface area (Å²) in [4.78, 5) is 16.9. The standard InChI is InChI=1S/C11H13BrN2O2/c1-7-3-9(12)4-13-11(7)16-10-5-14(6-10)8(2)15/h3-4,10H,5-6H2,1-2H3. The number of hydrogen-bond donors (Lipinski definition) is 0. The molecule has 1 aliphatic heterocycles. The normalized spacial score (nSPS) is 15.8. The first-order valence-electron chi connectivity index (χ1n) is 5.10. The molecule has 0 unspecified atom stereocenters. The maximum absolute atomic E-state index is 11.0. The first kappa shape index (κ1) is 11.4. The van der Waals surface area contributed by atoms with Gasteiger partial charge in [0.2, 0.25) is 11.8 Å². The third kappa shape index (κ3) is 2.35. The highest BCUT2D eigenvalue weighted by molar-refractivity contribution is 9.10. The summed E-state index contributed by atoms with van der Waals surface area (Å²) in [7, 11) is 0. The Morgan fingerprint density at radius 1 is 1.62 bits per heavy atom. The minimum atomic E-state index is 0.0799. The van der Waals surface area contributed by atoms with Crippen molar-refractivity contribution in [1.82, 2.24) is 9.88 Å². The van der Waals surface area contributed by atoms with Gasteiger partial charge in [0.1, 0.15) is 6.10 Å². The lowest BCUT2D eigenvalue weighted by Gasteiger charge is -2.38. The summed E-state index contributed by atoms with van der Waals surface area (Å²) in [6, 6.07) is 1.96. The highest BCUT2D eigenvalue weighted by atomic mass is 79.9.